The average Bonchev–Trinajstić information content (AvgIpc) is 3.24. The lowest BCUT2D eigenvalue weighted by atomic mass is 10.2. The van der Waals surface area contributed by atoms with E-state index >= 15 is 0 Å². The van der Waals surface area contributed by atoms with Gasteiger partial charge in [-0.3, -0.25) is 30.0 Å². The number of rotatable bonds is 4. The summed E-state index contributed by atoms with van der Waals surface area (Å²) in [4.78, 5) is 51.0. The second-order valence-electron chi connectivity index (χ2n) is 6.52. The summed E-state index contributed by atoms with van der Waals surface area (Å²) in [5.74, 6) is -2.73. The Kier molecular flexibility index (Phi) is 7.26. The van der Waals surface area contributed by atoms with Gasteiger partial charge in [-0.25, -0.2) is 0 Å². The molecule has 34 heavy (non-hydrogen) atoms. The summed E-state index contributed by atoms with van der Waals surface area (Å²) in [6, 6.07) is 12.6. The van der Waals surface area contributed by atoms with Crippen molar-refractivity contribution in [1.29, 1.82) is 0 Å². The number of thiocarbonyl (C=S) groups is 2. The summed E-state index contributed by atoms with van der Waals surface area (Å²) >= 11 is 24.1. The Labute approximate surface area is 221 Å². The highest BCUT2D eigenvalue weighted by molar-refractivity contribution is 8.29. The molecule has 2 aromatic rings. The van der Waals surface area contributed by atoms with E-state index in [1.54, 1.807) is 24.3 Å². The first-order valence-corrected chi connectivity index (χ1v) is 12.4. The molecule has 4 amide bonds. The zero-order valence-corrected chi connectivity index (χ0v) is 21.3. The summed E-state index contributed by atoms with van der Waals surface area (Å²) in [7, 11) is 0. The molecule has 2 fully saturated rings. The number of hydrogen-bond donors (Lipinski definition) is 2. The highest BCUT2D eigenvalue weighted by Gasteiger charge is 2.43. The molecule has 0 spiro atoms. The van der Waals surface area contributed by atoms with Gasteiger partial charge < -0.3 is 0 Å². The number of halogens is 2. The van der Waals surface area contributed by atoms with Crippen molar-refractivity contribution in [2.75, 3.05) is 0 Å². The van der Waals surface area contributed by atoms with Crippen molar-refractivity contribution in [3.05, 3.63) is 79.5 Å². The third kappa shape index (κ3) is 4.69. The molecule has 0 aliphatic carbocycles. The summed E-state index contributed by atoms with van der Waals surface area (Å²) in [5, 5.41) is 2.10. The molecule has 0 radical (unpaired) electrons. The molecule has 14 heteroatoms. The first-order valence-electron chi connectivity index (χ1n) is 9.17. The topological polar surface area (TPSA) is 98.8 Å². The van der Waals surface area contributed by atoms with Crippen LogP contribution in [0.3, 0.4) is 0 Å². The number of amides is 4. The highest BCUT2D eigenvalue weighted by atomic mass is 35.5. The molecule has 0 aromatic heterocycles. The average molecular weight is 569 g/mol. The molecule has 2 aliphatic rings. The van der Waals surface area contributed by atoms with Gasteiger partial charge in [0.1, 0.15) is 9.81 Å². The lowest BCUT2D eigenvalue weighted by Crippen LogP contribution is -2.45. The van der Waals surface area contributed by atoms with Gasteiger partial charge >= 0.3 is 0 Å². The van der Waals surface area contributed by atoms with Crippen molar-refractivity contribution in [1.82, 2.24) is 20.9 Å². The number of carbonyl (C=O) groups excluding carboxylic acids is 4. The monoisotopic (exact) mass is 568 g/mol. The van der Waals surface area contributed by atoms with E-state index in [1.165, 1.54) is 24.3 Å². The second kappa shape index (κ2) is 10.0. The van der Waals surface area contributed by atoms with Gasteiger partial charge in [-0.2, -0.15) is 10.0 Å². The van der Waals surface area contributed by atoms with E-state index < -0.39 is 23.6 Å². The molecular weight excluding hydrogens is 559 g/mol. The Bertz CT molecular complexity index is 1230. The van der Waals surface area contributed by atoms with Gasteiger partial charge in [-0.05, 0) is 48.7 Å². The number of thioether (sulfide) groups is 2. The maximum atomic E-state index is 13.0. The fourth-order valence-electron chi connectivity index (χ4n) is 2.82. The Morgan fingerprint density at radius 2 is 1.06 bits per heavy atom. The van der Waals surface area contributed by atoms with Crippen LogP contribution in [0.1, 0.15) is 20.7 Å². The van der Waals surface area contributed by atoms with Crippen molar-refractivity contribution in [3.8, 4) is 0 Å². The van der Waals surface area contributed by atoms with Crippen LogP contribution in [0.25, 0.3) is 0 Å². The second-order valence-corrected chi connectivity index (χ2v) is 10.6. The summed E-state index contributed by atoms with van der Waals surface area (Å²) in [5.41, 5.74) is 5.09. The Morgan fingerprint density at radius 1 is 0.706 bits per heavy atom. The standard InChI is InChI=1S/C20H10Cl2N4O4S4/c21-11-7-3-1-5-9(11)15(27)23-25-17(29)13(33-19(25)31)14-18(30)26(20(32)34-14)24-16(28)10-6-2-4-8-12(10)22/h1-8H,(H,23,27)(H,24,28)/b14-13+. The lowest BCUT2D eigenvalue weighted by Gasteiger charge is -2.16. The van der Waals surface area contributed by atoms with Crippen molar-refractivity contribution in [3.63, 3.8) is 0 Å². The van der Waals surface area contributed by atoms with E-state index in [4.69, 9.17) is 47.6 Å². The smallest absolute Gasteiger partial charge is 0.267 e. The molecule has 8 nitrogen and oxygen atoms in total. The van der Waals surface area contributed by atoms with Crippen molar-refractivity contribution < 1.29 is 19.2 Å². The van der Waals surface area contributed by atoms with Gasteiger partial charge in [0.05, 0.1) is 21.2 Å². The molecule has 2 heterocycles. The van der Waals surface area contributed by atoms with E-state index in [2.05, 4.69) is 10.9 Å². The number of nitrogens with zero attached hydrogens (tertiary/aromatic N) is 2. The third-order valence-corrected chi connectivity index (χ3v) is 7.94. The van der Waals surface area contributed by atoms with Crippen LogP contribution >= 0.6 is 71.2 Å². The van der Waals surface area contributed by atoms with Gasteiger partial charge in [-0.15, -0.1) is 0 Å². The fourth-order valence-corrected chi connectivity index (χ4v) is 5.77. The zero-order chi connectivity index (χ0) is 24.6. The summed E-state index contributed by atoms with van der Waals surface area (Å²) < 4.78 is 0.0107. The number of carbonyl (C=O) groups is 4. The molecule has 0 bridgehead atoms. The van der Waals surface area contributed by atoms with E-state index in [0.717, 1.165) is 33.5 Å². The molecular formula is C20H10Cl2N4O4S4. The van der Waals surface area contributed by atoms with E-state index in [-0.39, 0.29) is 39.6 Å². The molecule has 2 aliphatic heterocycles. The van der Waals surface area contributed by atoms with Crippen LogP contribution in [0, 0.1) is 0 Å². The minimum atomic E-state index is -0.715. The molecule has 172 valence electrons. The molecule has 2 N–H and O–H groups in total. The van der Waals surface area contributed by atoms with Crippen LogP contribution in [-0.2, 0) is 9.59 Å². The molecule has 0 unspecified atom stereocenters. The van der Waals surface area contributed by atoms with E-state index in [1.807, 2.05) is 0 Å². The van der Waals surface area contributed by atoms with Crippen molar-refractivity contribution >= 4 is 103 Å². The molecule has 2 saturated heterocycles. The van der Waals surface area contributed by atoms with E-state index in [9.17, 15) is 19.2 Å². The van der Waals surface area contributed by atoms with Gasteiger partial charge in [0.15, 0.2) is 8.64 Å². The minimum absolute atomic E-state index is 0.00535. The normalized spacial score (nSPS) is 18.1. The number of hydrazine groups is 2. The first kappa shape index (κ1) is 24.6. The molecule has 0 saturated carbocycles. The highest BCUT2D eigenvalue weighted by Crippen LogP contribution is 2.41. The van der Waals surface area contributed by atoms with Crippen LogP contribution in [0.15, 0.2) is 58.3 Å². The van der Waals surface area contributed by atoms with Gasteiger partial charge in [-0.1, -0.05) is 71.0 Å². The van der Waals surface area contributed by atoms with Crippen LogP contribution in [0.5, 0.6) is 0 Å². The van der Waals surface area contributed by atoms with Crippen LogP contribution < -0.4 is 10.9 Å². The third-order valence-electron chi connectivity index (χ3n) is 4.41. The SMILES string of the molecule is O=C(NN1C(=O)/C(=C2\SC(=S)N(NC(=O)c3ccccc3Cl)C2=O)SC1=S)c1ccccc1Cl. The molecule has 4 rings (SSSR count). The van der Waals surface area contributed by atoms with Crippen LogP contribution in [0.2, 0.25) is 10.0 Å². The number of benzene rings is 2. The minimum Gasteiger partial charge on any atom is -0.267 e. The van der Waals surface area contributed by atoms with E-state index in [0.29, 0.717) is 0 Å². The summed E-state index contributed by atoms with van der Waals surface area (Å²) in [6.07, 6.45) is 0. The number of nitrogens with one attached hydrogen (secondary N) is 2. The molecule has 0 atom stereocenters. The van der Waals surface area contributed by atoms with Crippen molar-refractivity contribution in [2.45, 2.75) is 0 Å². The van der Waals surface area contributed by atoms with Crippen molar-refractivity contribution in [2.24, 2.45) is 0 Å². The number of hydrogen-bond acceptors (Lipinski definition) is 8. The summed E-state index contributed by atoms with van der Waals surface area (Å²) in [6.45, 7) is 0. The quantitative estimate of drug-likeness (QED) is 0.423. The van der Waals surface area contributed by atoms with Gasteiger partial charge in [0.25, 0.3) is 23.6 Å². The largest absolute Gasteiger partial charge is 0.286 e. The predicted octanol–water partition coefficient (Wildman–Crippen LogP) is 3.92. The lowest BCUT2D eigenvalue weighted by molar-refractivity contribution is -0.126. The van der Waals surface area contributed by atoms with Gasteiger partial charge in [0, 0.05) is 0 Å². The maximum absolute atomic E-state index is 13.0. The Hall–Kier alpha value is -2.48. The predicted molar refractivity (Wildman–Crippen MR) is 139 cm³/mol. The Morgan fingerprint density at radius 3 is 1.41 bits per heavy atom. The first-order chi connectivity index (χ1) is 16.2. The maximum Gasteiger partial charge on any atom is 0.286 e. The zero-order valence-electron chi connectivity index (χ0n) is 16.5. The van der Waals surface area contributed by atoms with Crippen LogP contribution in [0.4, 0.5) is 0 Å². The van der Waals surface area contributed by atoms with Crippen LogP contribution in [-0.4, -0.2) is 42.3 Å². The fraction of sp³-hybridized carbons (Fsp3) is 0. The van der Waals surface area contributed by atoms with Gasteiger partial charge in [0.2, 0.25) is 0 Å². The molecule has 2 aromatic carbocycles. The Balaban J connectivity index is 1.53.